The highest BCUT2D eigenvalue weighted by Crippen LogP contribution is 2.33. The van der Waals surface area contributed by atoms with E-state index in [2.05, 4.69) is 11.9 Å². The molecule has 1 aromatic carbocycles. The molecule has 1 heterocycles. The van der Waals surface area contributed by atoms with Gasteiger partial charge in [0.25, 0.3) is 0 Å². The number of nitrogen functional groups attached to an aromatic ring is 1. The predicted molar refractivity (Wildman–Crippen MR) is 75.2 cm³/mol. The SMILES string of the molecule is CC1CCCCC1Cn1c(N)nc2c(F)cc(F)cc21. The summed E-state index contributed by atoms with van der Waals surface area (Å²) in [5.41, 5.74) is 6.51. The van der Waals surface area contributed by atoms with Gasteiger partial charge in [-0.1, -0.05) is 26.2 Å². The molecule has 5 heteroatoms. The van der Waals surface area contributed by atoms with Crippen LogP contribution in [0.25, 0.3) is 11.0 Å². The number of nitrogens with two attached hydrogens (primary N) is 1. The summed E-state index contributed by atoms with van der Waals surface area (Å²) in [7, 11) is 0. The second-order valence-electron chi connectivity index (χ2n) is 5.86. The predicted octanol–water partition coefficient (Wildman–Crippen LogP) is 3.72. The van der Waals surface area contributed by atoms with Crippen molar-refractivity contribution in [2.75, 3.05) is 5.73 Å². The summed E-state index contributed by atoms with van der Waals surface area (Å²) in [5, 5.41) is 0. The van der Waals surface area contributed by atoms with E-state index in [0.717, 1.165) is 12.5 Å². The lowest BCUT2D eigenvalue weighted by atomic mass is 9.80. The third-order valence-electron chi connectivity index (χ3n) is 4.51. The van der Waals surface area contributed by atoms with Crippen molar-refractivity contribution in [2.45, 2.75) is 39.2 Å². The van der Waals surface area contributed by atoms with E-state index in [-0.39, 0.29) is 11.5 Å². The largest absolute Gasteiger partial charge is 0.369 e. The molecule has 3 nitrogen and oxygen atoms in total. The van der Waals surface area contributed by atoms with Gasteiger partial charge < -0.3 is 10.3 Å². The van der Waals surface area contributed by atoms with Gasteiger partial charge >= 0.3 is 0 Å². The van der Waals surface area contributed by atoms with Crippen molar-refractivity contribution in [2.24, 2.45) is 11.8 Å². The lowest BCUT2D eigenvalue weighted by molar-refractivity contribution is 0.231. The van der Waals surface area contributed by atoms with Crippen LogP contribution in [0, 0.1) is 23.5 Å². The molecule has 2 atom stereocenters. The van der Waals surface area contributed by atoms with Gasteiger partial charge in [0.05, 0.1) is 5.52 Å². The second kappa shape index (κ2) is 5.04. The van der Waals surface area contributed by atoms with E-state index in [4.69, 9.17) is 5.73 Å². The zero-order valence-corrected chi connectivity index (χ0v) is 11.6. The summed E-state index contributed by atoms with van der Waals surface area (Å²) < 4.78 is 28.9. The van der Waals surface area contributed by atoms with Gasteiger partial charge in [-0.05, 0) is 18.3 Å². The average molecular weight is 279 g/mol. The Hall–Kier alpha value is -1.65. The van der Waals surface area contributed by atoms with Crippen LogP contribution >= 0.6 is 0 Å². The third kappa shape index (κ3) is 2.25. The molecule has 0 radical (unpaired) electrons. The quantitative estimate of drug-likeness (QED) is 0.910. The molecule has 3 rings (SSSR count). The van der Waals surface area contributed by atoms with Gasteiger partial charge in [-0.15, -0.1) is 0 Å². The van der Waals surface area contributed by atoms with E-state index in [1.165, 1.54) is 25.3 Å². The van der Waals surface area contributed by atoms with Crippen LogP contribution in [0.1, 0.15) is 32.6 Å². The maximum absolute atomic E-state index is 13.7. The number of hydrogen-bond acceptors (Lipinski definition) is 2. The normalized spacial score (nSPS) is 23.4. The van der Waals surface area contributed by atoms with Crippen molar-refractivity contribution in [3.63, 3.8) is 0 Å². The topological polar surface area (TPSA) is 43.8 Å². The first kappa shape index (κ1) is 13.3. The molecule has 2 unspecified atom stereocenters. The van der Waals surface area contributed by atoms with Crippen LogP contribution in [0.3, 0.4) is 0 Å². The minimum Gasteiger partial charge on any atom is -0.369 e. The minimum absolute atomic E-state index is 0.160. The van der Waals surface area contributed by atoms with Crippen LogP contribution in [-0.2, 0) is 6.54 Å². The summed E-state index contributed by atoms with van der Waals surface area (Å²) >= 11 is 0. The molecule has 108 valence electrons. The molecular formula is C15H19F2N3. The first-order chi connectivity index (χ1) is 9.56. The second-order valence-corrected chi connectivity index (χ2v) is 5.86. The van der Waals surface area contributed by atoms with Crippen LogP contribution in [0.4, 0.5) is 14.7 Å². The number of anilines is 1. The number of benzene rings is 1. The summed E-state index contributed by atoms with van der Waals surface area (Å²) in [6.07, 6.45) is 4.82. The third-order valence-corrected chi connectivity index (χ3v) is 4.51. The molecule has 0 aliphatic heterocycles. The van der Waals surface area contributed by atoms with Crippen LogP contribution in [0.15, 0.2) is 12.1 Å². The lowest BCUT2D eigenvalue weighted by Crippen LogP contribution is -2.22. The average Bonchev–Trinajstić information content (AvgIpc) is 2.70. The molecule has 2 aromatic rings. The molecule has 2 N–H and O–H groups in total. The van der Waals surface area contributed by atoms with Crippen LogP contribution in [0.5, 0.6) is 0 Å². The number of aromatic nitrogens is 2. The van der Waals surface area contributed by atoms with Crippen molar-refractivity contribution >= 4 is 17.0 Å². The van der Waals surface area contributed by atoms with Gasteiger partial charge in [-0.25, -0.2) is 13.8 Å². The maximum atomic E-state index is 13.7. The van der Waals surface area contributed by atoms with Gasteiger partial charge in [0, 0.05) is 18.7 Å². The highest BCUT2D eigenvalue weighted by molar-refractivity contribution is 5.79. The Kier molecular flexibility index (Phi) is 3.36. The van der Waals surface area contributed by atoms with Crippen molar-refractivity contribution in [1.82, 2.24) is 9.55 Å². The van der Waals surface area contributed by atoms with E-state index in [0.29, 0.717) is 23.9 Å². The van der Waals surface area contributed by atoms with Crippen molar-refractivity contribution in [3.05, 3.63) is 23.8 Å². The summed E-state index contributed by atoms with van der Waals surface area (Å²) in [5.74, 6) is 0.131. The molecule has 20 heavy (non-hydrogen) atoms. The summed E-state index contributed by atoms with van der Waals surface area (Å²) in [6.45, 7) is 2.92. The Morgan fingerprint density at radius 3 is 2.80 bits per heavy atom. The number of imidazole rings is 1. The first-order valence-electron chi connectivity index (χ1n) is 7.17. The summed E-state index contributed by atoms with van der Waals surface area (Å²) in [6, 6.07) is 2.16. The van der Waals surface area contributed by atoms with Crippen LogP contribution in [-0.4, -0.2) is 9.55 Å². The molecule has 0 saturated heterocycles. The highest BCUT2D eigenvalue weighted by atomic mass is 19.1. The van der Waals surface area contributed by atoms with Gasteiger partial charge in [0.1, 0.15) is 11.3 Å². The Morgan fingerprint density at radius 1 is 1.30 bits per heavy atom. The number of halogens is 2. The Balaban J connectivity index is 2.00. The Morgan fingerprint density at radius 2 is 2.05 bits per heavy atom. The molecule has 1 aliphatic rings. The molecule has 0 spiro atoms. The van der Waals surface area contributed by atoms with Crippen molar-refractivity contribution in [1.29, 1.82) is 0 Å². The van der Waals surface area contributed by atoms with Crippen molar-refractivity contribution < 1.29 is 8.78 Å². The molecule has 1 aliphatic carbocycles. The molecular weight excluding hydrogens is 260 g/mol. The molecule has 1 saturated carbocycles. The number of nitrogens with zero attached hydrogens (tertiary/aromatic N) is 2. The minimum atomic E-state index is -0.651. The number of fused-ring (bicyclic) bond motifs is 1. The smallest absolute Gasteiger partial charge is 0.201 e. The number of hydrogen-bond donors (Lipinski definition) is 1. The van der Waals surface area contributed by atoms with E-state index in [1.807, 2.05) is 0 Å². The monoisotopic (exact) mass is 279 g/mol. The zero-order chi connectivity index (χ0) is 14.3. The molecule has 1 aromatic heterocycles. The standard InChI is InChI=1S/C15H19F2N3/c1-9-4-2-3-5-10(9)8-20-13-7-11(16)6-12(17)14(13)19-15(20)18/h6-7,9-10H,2-5,8H2,1H3,(H2,18,19). The van der Waals surface area contributed by atoms with E-state index < -0.39 is 11.6 Å². The van der Waals surface area contributed by atoms with Gasteiger partial charge in [-0.2, -0.15) is 0 Å². The Labute approximate surface area is 116 Å². The molecule has 1 fully saturated rings. The van der Waals surface area contributed by atoms with Crippen LogP contribution in [0.2, 0.25) is 0 Å². The maximum Gasteiger partial charge on any atom is 0.201 e. The fourth-order valence-electron chi connectivity index (χ4n) is 3.26. The van der Waals surface area contributed by atoms with Gasteiger partial charge in [0.15, 0.2) is 5.82 Å². The number of rotatable bonds is 2. The highest BCUT2D eigenvalue weighted by Gasteiger charge is 2.24. The van der Waals surface area contributed by atoms with Gasteiger partial charge in [0.2, 0.25) is 5.95 Å². The van der Waals surface area contributed by atoms with E-state index in [9.17, 15) is 8.78 Å². The van der Waals surface area contributed by atoms with Crippen molar-refractivity contribution in [3.8, 4) is 0 Å². The zero-order valence-electron chi connectivity index (χ0n) is 11.6. The molecule has 0 bridgehead atoms. The van der Waals surface area contributed by atoms with E-state index >= 15 is 0 Å². The fourth-order valence-corrected chi connectivity index (χ4v) is 3.26. The van der Waals surface area contributed by atoms with Gasteiger partial charge in [-0.3, -0.25) is 0 Å². The Bertz CT molecular complexity index is 636. The first-order valence-corrected chi connectivity index (χ1v) is 7.17. The summed E-state index contributed by atoms with van der Waals surface area (Å²) in [4.78, 5) is 4.04. The fraction of sp³-hybridized carbons (Fsp3) is 0.533. The molecule has 0 amide bonds. The van der Waals surface area contributed by atoms with Crippen LogP contribution < -0.4 is 5.73 Å². The lowest BCUT2D eigenvalue weighted by Gasteiger charge is -2.29. The van der Waals surface area contributed by atoms with E-state index in [1.54, 1.807) is 4.57 Å².